The Morgan fingerprint density at radius 2 is 1.64 bits per heavy atom. The molecule has 0 spiro atoms. The molecule has 2 heterocycles. The summed E-state index contributed by atoms with van der Waals surface area (Å²) in [5.74, 6) is 2.54. The number of aliphatic hydroxyl groups excluding tert-OH is 4. The van der Waals surface area contributed by atoms with Gasteiger partial charge in [-0.25, -0.2) is 0 Å². The summed E-state index contributed by atoms with van der Waals surface area (Å²) in [6, 6.07) is 8.55. The second kappa shape index (κ2) is 9.33. The predicted molar refractivity (Wildman–Crippen MR) is 104 cm³/mol. The fraction of sp³-hybridized carbons (Fsp3) is 0.625. The van der Waals surface area contributed by atoms with Gasteiger partial charge in [0.1, 0.15) is 0 Å². The number of ether oxygens (including phenoxy) is 1. The van der Waals surface area contributed by atoms with Crippen LogP contribution in [0.2, 0.25) is 0 Å². The van der Waals surface area contributed by atoms with E-state index in [9.17, 15) is 20.4 Å². The Morgan fingerprint density at radius 3 is 2.28 bits per heavy atom. The molecule has 1 aromatic rings. The van der Waals surface area contributed by atoms with Crippen LogP contribution in [0.4, 0.5) is 5.69 Å². The van der Waals surface area contributed by atoms with Crippen molar-refractivity contribution in [1.29, 1.82) is 0 Å². The van der Waals surface area contributed by atoms with Crippen LogP contribution in [0.25, 0.3) is 0 Å². The topological polar surface area (TPSA) is 102 Å². The molecule has 2 aliphatic heterocycles. The molecule has 0 bridgehead atoms. The third kappa shape index (κ3) is 4.87. The molecule has 1 aromatic carbocycles. The first-order valence-corrected chi connectivity index (χ1v) is 15.7. The average molecular weight is 449 g/mol. The molecule has 140 valence electrons. The second-order valence-electron chi connectivity index (χ2n) is 6.05. The Morgan fingerprint density at radius 1 is 1.00 bits per heavy atom. The zero-order chi connectivity index (χ0) is 17.8. The van der Waals surface area contributed by atoms with Gasteiger partial charge in [0.25, 0.3) is 0 Å². The maximum atomic E-state index is 10.0. The SMILES string of the molecule is OC[C@H]1O[C@H](CCNc2ccc([As]3SCCS3)cc2)[C@H](O)[C@@H](O)[C@@H]1O. The van der Waals surface area contributed by atoms with E-state index in [1.54, 1.807) is 0 Å². The van der Waals surface area contributed by atoms with Crippen molar-refractivity contribution in [3.05, 3.63) is 24.3 Å². The molecule has 5 N–H and O–H groups in total. The molecule has 2 aliphatic rings. The van der Waals surface area contributed by atoms with E-state index >= 15 is 0 Å². The summed E-state index contributed by atoms with van der Waals surface area (Å²) >= 11 is -0.935. The molecule has 0 unspecified atom stereocenters. The van der Waals surface area contributed by atoms with Gasteiger partial charge in [0, 0.05) is 0 Å². The molecule has 3 rings (SSSR count). The van der Waals surface area contributed by atoms with Gasteiger partial charge in [-0.05, 0) is 0 Å². The molecule has 5 atom stereocenters. The zero-order valence-corrected chi connectivity index (χ0v) is 17.2. The van der Waals surface area contributed by atoms with E-state index in [0.717, 1.165) is 5.69 Å². The number of aliphatic hydroxyl groups is 4. The van der Waals surface area contributed by atoms with E-state index in [1.807, 2.05) is 0 Å². The molecule has 6 nitrogen and oxygen atoms in total. The molecule has 0 amide bonds. The first-order chi connectivity index (χ1) is 12.1. The van der Waals surface area contributed by atoms with Gasteiger partial charge >= 0.3 is 159 Å². The summed E-state index contributed by atoms with van der Waals surface area (Å²) in [6.45, 7) is 0.171. The van der Waals surface area contributed by atoms with Crippen molar-refractivity contribution in [3.8, 4) is 0 Å². The predicted octanol–water partition coefficient (Wildman–Crippen LogP) is -0.494. The van der Waals surface area contributed by atoms with Gasteiger partial charge in [0.2, 0.25) is 0 Å². The Hall–Kier alpha value is 0.0784. The molecule has 9 heteroatoms. The van der Waals surface area contributed by atoms with Crippen molar-refractivity contribution in [2.24, 2.45) is 0 Å². The minimum absolute atomic E-state index is 0.391. The van der Waals surface area contributed by atoms with Crippen molar-refractivity contribution >= 4 is 42.4 Å². The molecule has 25 heavy (non-hydrogen) atoms. The van der Waals surface area contributed by atoms with Crippen LogP contribution < -0.4 is 9.67 Å². The Balaban J connectivity index is 1.48. The summed E-state index contributed by atoms with van der Waals surface area (Å²) < 4.78 is 6.98. The second-order valence-corrected chi connectivity index (χ2v) is 17.8. The van der Waals surface area contributed by atoms with Crippen LogP contribution in [0.15, 0.2) is 24.3 Å². The number of rotatable bonds is 6. The summed E-state index contributed by atoms with van der Waals surface area (Å²) in [4.78, 5) is 0. The number of anilines is 1. The van der Waals surface area contributed by atoms with Crippen molar-refractivity contribution in [1.82, 2.24) is 0 Å². The number of benzene rings is 1. The monoisotopic (exact) mass is 449 g/mol. The molecule has 2 fully saturated rings. The Bertz CT molecular complexity index is 544. The molecule has 2 saturated heterocycles. The normalized spacial score (nSPS) is 33.5. The maximum absolute atomic E-state index is 10.0. The van der Waals surface area contributed by atoms with Crippen LogP contribution in [0.3, 0.4) is 0 Å². The third-order valence-electron chi connectivity index (χ3n) is 4.33. The summed E-state index contributed by atoms with van der Waals surface area (Å²) in [6.07, 6.45) is -4.76. The van der Waals surface area contributed by atoms with Crippen LogP contribution in [0.1, 0.15) is 6.42 Å². The summed E-state index contributed by atoms with van der Waals surface area (Å²) in [7, 11) is 4.24. The number of nitrogens with one attached hydrogen (secondary N) is 1. The third-order valence-corrected chi connectivity index (χ3v) is 18.1. The van der Waals surface area contributed by atoms with Crippen LogP contribution in [-0.4, -0.2) is 87.9 Å². The van der Waals surface area contributed by atoms with E-state index in [1.165, 1.54) is 15.9 Å². The fourth-order valence-electron chi connectivity index (χ4n) is 2.90. The van der Waals surface area contributed by atoms with Crippen molar-refractivity contribution < 1.29 is 25.2 Å². The number of hydrogen-bond donors (Lipinski definition) is 5. The average Bonchev–Trinajstić information content (AvgIpc) is 3.17. The zero-order valence-electron chi connectivity index (χ0n) is 13.7. The van der Waals surface area contributed by atoms with Gasteiger partial charge < -0.3 is 0 Å². The standard InChI is InChI=1S/C16H24AsNO5S2/c19-9-13-15(21)16(22)14(20)12(23-13)5-6-18-11-3-1-10(2-4-11)17-24-7-8-25-17/h1-4,12-16,18-22H,5-9H2/t12-,13-,14+,15-,16-/m1/s1. The van der Waals surface area contributed by atoms with Crippen molar-refractivity contribution in [3.63, 3.8) is 0 Å². The van der Waals surface area contributed by atoms with Crippen LogP contribution in [-0.2, 0) is 4.74 Å². The van der Waals surface area contributed by atoms with Gasteiger partial charge in [0.15, 0.2) is 0 Å². The first kappa shape index (κ1) is 19.8. The van der Waals surface area contributed by atoms with Crippen molar-refractivity contribution in [2.45, 2.75) is 36.9 Å². The molecular weight excluding hydrogens is 425 g/mol. The van der Waals surface area contributed by atoms with Gasteiger partial charge in [-0.2, -0.15) is 0 Å². The van der Waals surface area contributed by atoms with Crippen LogP contribution in [0.5, 0.6) is 0 Å². The Kier molecular flexibility index (Phi) is 7.40. The summed E-state index contributed by atoms with van der Waals surface area (Å²) in [5, 5.41) is 42.1. The van der Waals surface area contributed by atoms with Gasteiger partial charge in [-0.3, -0.25) is 0 Å². The van der Waals surface area contributed by atoms with Gasteiger partial charge in [0.05, 0.1) is 0 Å². The van der Waals surface area contributed by atoms with E-state index in [4.69, 9.17) is 4.74 Å². The van der Waals surface area contributed by atoms with E-state index in [2.05, 4.69) is 49.6 Å². The van der Waals surface area contributed by atoms with E-state index in [-0.39, 0.29) is 0 Å². The molecule has 0 aromatic heterocycles. The Labute approximate surface area is 158 Å². The van der Waals surface area contributed by atoms with Gasteiger partial charge in [-0.15, -0.1) is 0 Å². The van der Waals surface area contributed by atoms with Crippen molar-refractivity contribution in [2.75, 3.05) is 30.0 Å². The number of hydrogen-bond acceptors (Lipinski definition) is 8. The quantitative estimate of drug-likeness (QED) is 0.371. The fourth-order valence-corrected chi connectivity index (χ4v) is 17.0. The van der Waals surface area contributed by atoms with E-state index < -0.39 is 49.5 Å². The molecule has 0 saturated carbocycles. The molecular formula is C16H24AsNO5S2. The molecule has 0 radical (unpaired) electrons. The van der Waals surface area contributed by atoms with E-state index in [0.29, 0.717) is 13.0 Å². The first-order valence-electron chi connectivity index (χ1n) is 8.30. The van der Waals surface area contributed by atoms with Gasteiger partial charge in [-0.1, -0.05) is 0 Å². The molecule has 0 aliphatic carbocycles. The van der Waals surface area contributed by atoms with Crippen LogP contribution in [0, 0.1) is 0 Å². The summed E-state index contributed by atoms with van der Waals surface area (Å²) in [5.41, 5.74) is 1.01. The van der Waals surface area contributed by atoms with Crippen LogP contribution >= 0.6 is 20.0 Å². The minimum atomic E-state index is -1.30.